The Morgan fingerprint density at radius 2 is 2.15 bits per heavy atom. The Morgan fingerprint density at radius 1 is 1.37 bits per heavy atom. The van der Waals surface area contributed by atoms with Crippen LogP contribution in [0.5, 0.6) is 0 Å². The topological polar surface area (TPSA) is 120 Å². The van der Waals surface area contributed by atoms with Gasteiger partial charge < -0.3 is 25.4 Å². The average molecular weight is 373 g/mol. The van der Waals surface area contributed by atoms with Crippen molar-refractivity contribution in [2.24, 2.45) is 0 Å². The Kier molecular flexibility index (Phi) is 6.36. The summed E-state index contributed by atoms with van der Waals surface area (Å²) in [6.07, 6.45) is 3.30. The monoisotopic (exact) mass is 373 g/mol. The second-order valence-electron chi connectivity index (χ2n) is 6.28. The van der Waals surface area contributed by atoms with Gasteiger partial charge in [0.25, 0.3) is 0 Å². The number of aliphatic hydroxyl groups is 2. The number of ether oxygens (including phenoxy) is 2. The van der Waals surface area contributed by atoms with Crippen LogP contribution in [0.1, 0.15) is 23.8 Å². The van der Waals surface area contributed by atoms with E-state index in [1.54, 1.807) is 0 Å². The third-order valence-electron chi connectivity index (χ3n) is 4.34. The largest absolute Gasteiger partial charge is 0.394 e. The van der Waals surface area contributed by atoms with Crippen molar-refractivity contribution in [2.45, 2.75) is 31.5 Å². The Bertz CT molecular complexity index is 837. The van der Waals surface area contributed by atoms with Crippen LogP contribution in [0, 0.1) is 0 Å². The minimum Gasteiger partial charge on any atom is -0.394 e. The third kappa shape index (κ3) is 4.81. The summed E-state index contributed by atoms with van der Waals surface area (Å²) < 4.78 is 12.4. The molecule has 4 N–H and O–H groups in total. The van der Waals surface area contributed by atoms with Crippen LogP contribution in [0.3, 0.4) is 0 Å². The lowest BCUT2D eigenvalue weighted by Gasteiger charge is -2.16. The zero-order valence-electron chi connectivity index (χ0n) is 14.8. The molecule has 8 nitrogen and oxygen atoms in total. The number of nitrogens with zero attached hydrogens (tertiary/aromatic N) is 2. The summed E-state index contributed by atoms with van der Waals surface area (Å²) in [5.74, 6) is 0.0977. The van der Waals surface area contributed by atoms with Gasteiger partial charge in [-0.1, -0.05) is 42.5 Å². The van der Waals surface area contributed by atoms with Gasteiger partial charge in [0, 0.05) is 18.2 Å². The van der Waals surface area contributed by atoms with Crippen molar-refractivity contribution < 1.29 is 19.7 Å². The van der Waals surface area contributed by atoms with Crippen LogP contribution in [0.2, 0.25) is 0 Å². The number of nitrogens with two attached hydrogens (primary N) is 1. The van der Waals surface area contributed by atoms with E-state index in [1.165, 1.54) is 10.8 Å². The van der Waals surface area contributed by atoms with Crippen LogP contribution >= 0.6 is 0 Å². The Morgan fingerprint density at radius 3 is 2.85 bits per heavy atom. The lowest BCUT2D eigenvalue weighted by Crippen LogP contribution is -2.29. The smallest absolute Gasteiger partial charge is 0.351 e. The molecule has 0 radical (unpaired) electrons. The molecule has 0 aliphatic carbocycles. The molecule has 144 valence electrons. The van der Waals surface area contributed by atoms with Crippen LogP contribution < -0.4 is 11.4 Å². The van der Waals surface area contributed by atoms with E-state index in [1.807, 2.05) is 42.5 Å². The van der Waals surface area contributed by atoms with Crippen LogP contribution in [0.15, 0.2) is 47.4 Å². The third-order valence-corrected chi connectivity index (χ3v) is 4.34. The number of aliphatic hydroxyl groups excluding tert-OH is 2. The highest BCUT2D eigenvalue weighted by molar-refractivity contribution is 5.48. The first kappa shape index (κ1) is 19.2. The minimum atomic E-state index is -0.840. The lowest BCUT2D eigenvalue weighted by atomic mass is 10.2. The van der Waals surface area contributed by atoms with Gasteiger partial charge in [0.05, 0.1) is 25.9 Å². The number of nitrogen functional groups attached to an aromatic ring is 1. The summed E-state index contributed by atoms with van der Waals surface area (Å²) in [4.78, 5) is 15.9. The predicted octanol–water partition coefficient (Wildman–Crippen LogP) is 0.696. The first-order valence-electron chi connectivity index (χ1n) is 8.69. The van der Waals surface area contributed by atoms with E-state index in [9.17, 15) is 15.0 Å². The van der Waals surface area contributed by atoms with Crippen LogP contribution in [0.25, 0.3) is 6.08 Å². The zero-order chi connectivity index (χ0) is 19.2. The Balaban J connectivity index is 1.62. The maximum atomic E-state index is 12.1. The van der Waals surface area contributed by atoms with E-state index >= 15 is 0 Å². The molecule has 1 fully saturated rings. The molecule has 3 rings (SSSR count). The molecule has 8 heteroatoms. The van der Waals surface area contributed by atoms with Gasteiger partial charge >= 0.3 is 5.69 Å². The normalized spacial score (nSPS) is 22.5. The highest BCUT2D eigenvalue weighted by atomic mass is 16.5. The highest BCUT2D eigenvalue weighted by Crippen LogP contribution is 2.27. The van der Waals surface area contributed by atoms with E-state index in [0.29, 0.717) is 12.2 Å². The minimum absolute atomic E-state index is 0.0977. The SMILES string of the molecule is Nc1nc(=O)n([C@H]2C[C@@H](O)[C@@H](CO)O2)cc1COC/C=C/c1ccccc1. The zero-order valence-corrected chi connectivity index (χ0v) is 14.8. The van der Waals surface area contributed by atoms with E-state index in [2.05, 4.69) is 4.98 Å². The molecule has 1 saturated heterocycles. The fraction of sp³-hybridized carbons (Fsp3) is 0.368. The first-order valence-corrected chi connectivity index (χ1v) is 8.69. The molecule has 0 spiro atoms. The summed E-state index contributed by atoms with van der Waals surface area (Å²) in [5, 5.41) is 19.0. The molecule has 0 unspecified atom stereocenters. The summed E-state index contributed by atoms with van der Waals surface area (Å²) >= 11 is 0. The quantitative estimate of drug-likeness (QED) is 0.611. The van der Waals surface area contributed by atoms with E-state index in [-0.39, 0.29) is 25.5 Å². The average Bonchev–Trinajstić information content (AvgIpc) is 3.04. The molecule has 27 heavy (non-hydrogen) atoms. The molecule has 1 aliphatic heterocycles. The molecule has 0 saturated carbocycles. The van der Waals surface area contributed by atoms with Crippen molar-refractivity contribution >= 4 is 11.9 Å². The number of rotatable bonds is 7. The number of benzene rings is 1. The molecular weight excluding hydrogens is 350 g/mol. The molecule has 2 heterocycles. The van der Waals surface area contributed by atoms with Crippen molar-refractivity contribution in [3.05, 3.63) is 64.2 Å². The van der Waals surface area contributed by atoms with Crippen LogP contribution in [-0.4, -0.2) is 45.2 Å². The molecule has 1 aromatic heterocycles. The second-order valence-corrected chi connectivity index (χ2v) is 6.28. The van der Waals surface area contributed by atoms with Crippen LogP contribution in [0.4, 0.5) is 5.82 Å². The fourth-order valence-corrected chi connectivity index (χ4v) is 2.87. The van der Waals surface area contributed by atoms with Gasteiger partial charge in [-0.25, -0.2) is 4.79 Å². The lowest BCUT2D eigenvalue weighted by molar-refractivity contribution is -0.0460. The summed E-state index contributed by atoms with van der Waals surface area (Å²) in [7, 11) is 0. The van der Waals surface area contributed by atoms with Gasteiger partial charge in [0.15, 0.2) is 0 Å². The summed E-state index contributed by atoms with van der Waals surface area (Å²) in [6.45, 7) is 0.230. The Hall–Kier alpha value is -2.52. The van der Waals surface area contributed by atoms with Crippen molar-refractivity contribution in [1.29, 1.82) is 0 Å². The summed E-state index contributed by atoms with van der Waals surface area (Å²) in [5.41, 5.74) is 6.87. The summed E-state index contributed by atoms with van der Waals surface area (Å²) in [6, 6.07) is 9.85. The molecule has 1 aliphatic rings. The van der Waals surface area contributed by atoms with E-state index < -0.39 is 24.1 Å². The number of hydrogen-bond donors (Lipinski definition) is 3. The van der Waals surface area contributed by atoms with Crippen LogP contribution in [-0.2, 0) is 16.1 Å². The molecule has 2 aromatic rings. The van der Waals surface area contributed by atoms with Crippen molar-refractivity contribution in [1.82, 2.24) is 9.55 Å². The van der Waals surface area contributed by atoms with E-state index in [4.69, 9.17) is 15.2 Å². The molecule has 0 amide bonds. The molecule has 0 bridgehead atoms. The number of anilines is 1. The standard InChI is InChI=1S/C19H23N3O5/c20-18-14(12-26-8-4-7-13-5-2-1-3-6-13)10-22(19(25)21-18)17-9-15(24)16(11-23)27-17/h1-7,10,15-17,23-24H,8-9,11-12H2,(H2,20,21,25)/b7-4+/t15-,16-,17-/m1/s1. The predicted molar refractivity (Wildman–Crippen MR) is 99.7 cm³/mol. The van der Waals surface area contributed by atoms with Gasteiger partial charge in [0.2, 0.25) is 0 Å². The van der Waals surface area contributed by atoms with Gasteiger partial charge in [-0.05, 0) is 5.56 Å². The van der Waals surface area contributed by atoms with Gasteiger partial charge in [-0.3, -0.25) is 4.57 Å². The van der Waals surface area contributed by atoms with Crippen molar-refractivity contribution in [2.75, 3.05) is 18.9 Å². The first-order chi connectivity index (χ1) is 13.1. The molecule has 1 aromatic carbocycles. The van der Waals surface area contributed by atoms with Crippen molar-refractivity contribution in [3.8, 4) is 0 Å². The highest BCUT2D eigenvalue weighted by Gasteiger charge is 2.35. The van der Waals surface area contributed by atoms with E-state index in [0.717, 1.165) is 5.56 Å². The van der Waals surface area contributed by atoms with Gasteiger partial charge in [-0.2, -0.15) is 4.98 Å². The van der Waals surface area contributed by atoms with Crippen molar-refractivity contribution in [3.63, 3.8) is 0 Å². The maximum absolute atomic E-state index is 12.1. The molecule has 3 atom stereocenters. The second kappa shape index (κ2) is 8.92. The van der Waals surface area contributed by atoms with Gasteiger partial charge in [-0.15, -0.1) is 0 Å². The Labute approximate surface area is 156 Å². The molecular formula is C19H23N3O5. The number of hydrogen-bond acceptors (Lipinski definition) is 7. The maximum Gasteiger partial charge on any atom is 0.351 e. The fourth-order valence-electron chi connectivity index (χ4n) is 2.87. The number of aromatic nitrogens is 2. The van der Waals surface area contributed by atoms with Gasteiger partial charge in [0.1, 0.15) is 18.1 Å².